The molecule has 2 N–H and O–H groups in total. The van der Waals surface area contributed by atoms with Crippen LogP contribution in [0.4, 0.5) is 0 Å². The molecule has 19 heavy (non-hydrogen) atoms. The minimum absolute atomic E-state index is 0.0170. The number of aryl methyl sites for hydroxylation is 2. The van der Waals surface area contributed by atoms with Gasteiger partial charge < -0.3 is 15.5 Å². The topological polar surface area (TPSA) is 57.3 Å². The second-order valence-electron chi connectivity index (χ2n) is 4.85. The van der Waals surface area contributed by atoms with Gasteiger partial charge in [0.25, 0.3) is 5.91 Å². The molecule has 0 spiro atoms. The maximum atomic E-state index is 12.0. The number of hydrogen-bond donors (Lipinski definition) is 2. The number of carbonyl (C=O) groups is 1. The first kappa shape index (κ1) is 14.4. The molecule has 1 aliphatic heterocycles. The monoisotopic (exact) mass is 282 g/mol. The van der Waals surface area contributed by atoms with Crippen LogP contribution in [0.1, 0.15) is 26.8 Å². The van der Waals surface area contributed by atoms with Gasteiger partial charge >= 0.3 is 0 Å². The lowest BCUT2D eigenvalue weighted by molar-refractivity contribution is 0.0954. The predicted octanol–water partition coefficient (Wildman–Crippen LogP) is 0.785. The first-order chi connectivity index (χ1) is 9.16. The van der Waals surface area contributed by atoms with Crippen molar-refractivity contribution >= 4 is 17.2 Å². The lowest BCUT2D eigenvalue weighted by Gasteiger charge is -2.27. The number of carbonyl (C=O) groups excluding carboxylic acids is 1. The Balaban J connectivity index is 1.67. The molecule has 0 saturated carbocycles. The van der Waals surface area contributed by atoms with Gasteiger partial charge in [0.1, 0.15) is 4.88 Å². The molecule has 0 atom stereocenters. The van der Waals surface area contributed by atoms with Crippen LogP contribution < -0.4 is 10.6 Å². The van der Waals surface area contributed by atoms with E-state index in [2.05, 4.69) is 20.5 Å². The Labute approximate surface area is 118 Å². The Morgan fingerprint density at radius 1 is 1.42 bits per heavy atom. The van der Waals surface area contributed by atoms with Crippen molar-refractivity contribution in [1.82, 2.24) is 20.5 Å². The van der Waals surface area contributed by atoms with Crippen LogP contribution in [0.5, 0.6) is 0 Å². The lowest BCUT2D eigenvalue weighted by Crippen LogP contribution is -2.44. The third-order valence-electron chi connectivity index (χ3n) is 3.26. The molecule has 1 fully saturated rings. The van der Waals surface area contributed by atoms with Crippen molar-refractivity contribution in [3.63, 3.8) is 0 Å². The molecule has 1 aliphatic rings. The molecule has 1 amide bonds. The van der Waals surface area contributed by atoms with Crippen LogP contribution in [0.15, 0.2) is 0 Å². The van der Waals surface area contributed by atoms with Gasteiger partial charge in [-0.3, -0.25) is 4.79 Å². The summed E-state index contributed by atoms with van der Waals surface area (Å²) in [5, 5.41) is 7.27. The van der Waals surface area contributed by atoms with E-state index in [4.69, 9.17) is 0 Å². The van der Waals surface area contributed by atoms with Crippen molar-refractivity contribution in [3.05, 3.63) is 15.6 Å². The molecule has 106 valence electrons. The predicted molar refractivity (Wildman–Crippen MR) is 77.8 cm³/mol. The van der Waals surface area contributed by atoms with Gasteiger partial charge in [0.05, 0.1) is 10.7 Å². The number of hydrogen-bond acceptors (Lipinski definition) is 5. The molecule has 1 aromatic heterocycles. The molecule has 0 radical (unpaired) electrons. The Kier molecular flexibility index (Phi) is 5.30. The first-order valence-electron chi connectivity index (χ1n) is 6.82. The quantitative estimate of drug-likeness (QED) is 0.784. The second kappa shape index (κ2) is 6.98. The summed E-state index contributed by atoms with van der Waals surface area (Å²) in [6, 6.07) is 0. The molecule has 1 aromatic rings. The van der Waals surface area contributed by atoms with E-state index in [-0.39, 0.29) is 5.91 Å². The Morgan fingerprint density at radius 3 is 2.79 bits per heavy atom. The van der Waals surface area contributed by atoms with Crippen LogP contribution in [0.3, 0.4) is 0 Å². The Morgan fingerprint density at radius 2 is 2.16 bits per heavy atom. The van der Waals surface area contributed by atoms with E-state index < -0.39 is 0 Å². The fourth-order valence-corrected chi connectivity index (χ4v) is 3.10. The number of nitrogens with one attached hydrogen (secondary N) is 2. The van der Waals surface area contributed by atoms with Gasteiger partial charge in [0.15, 0.2) is 0 Å². The van der Waals surface area contributed by atoms with Gasteiger partial charge in [-0.15, -0.1) is 11.3 Å². The minimum atomic E-state index is 0.0170. The summed E-state index contributed by atoms with van der Waals surface area (Å²) in [4.78, 5) is 19.4. The third-order valence-corrected chi connectivity index (χ3v) is 4.33. The van der Waals surface area contributed by atoms with Crippen LogP contribution in [-0.2, 0) is 0 Å². The zero-order valence-corrected chi connectivity index (χ0v) is 12.5. The van der Waals surface area contributed by atoms with E-state index in [0.29, 0.717) is 0 Å². The van der Waals surface area contributed by atoms with Gasteiger partial charge in [-0.25, -0.2) is 4.98 Å². The highest BCUT2D eigenvalue weighted by molar-refractivity contribution is 7.13. The summed E-state index contributed by atoms with van der Waals surface area (Å²) >= 11 is 1.47. The zero-order valence-electron chi connectivity index (χ0n) is 11.7. The van der Waals surface area contributed by atoms with Crippen molar-refractivity contribution < 1.29 is 4.79 Å². The van der Waals surface area contributed by atoms with Gasteiger partial charge in [0.2, 0.25) is 0 Å². The van der Waals surface area contributed by atoms with E-state index in [0.717, 1.165) is 61.3 Å². The average molecular weight is 282 g/mol. The lowest BCUT2D eigenvalue weighted by atomic mass is 10.3. The minimum Gasteiger partial charge on any atom is -0.351 e. The zero-order chi connectivity index (χ0) is 13.7. The molecule has 0 unspecified atom stereocenters. The summed E-state index contributed by atoms with van der Waals surface area (Å²) in [6.07, 6.45) is 1.00. The summed E-state index contributed by atoms with van der Waals surface area (Å²) in [5.41, 5.74) is 0.835. The SMILES string of the molecule is Cc1nc(C)c(C(=O)NCCCN2CCNCC2)s1. The maximum absolute atomic E-state index is 12.0. The molecule has 1 saturated heterocycles. The fourth-order valence-electron chi connectivity index (χ4n) is 2.26. The number of nitrogens with zero attached hydrogens (tertiary/aromatic N) is 2. The number of rotatable bonds is 5. The van der Waals surface area contributed by atoms with Gasteiger partial charge in [-0.2, -0.15) is 0 Å². The summed E-state index contributed by atoms with van der Waals surface area (Å²) in [6.45, 7) is 9.99. The third kappa shape index (κ3) is 4.26. The normalized spacial score (nSPS) is 16.5. The molecule has 0 aliphatic carbocycles. The van der Waals surface area contributed by atoms with Gasteiger partial charge in [-0.1, -0.05) is 0 Å². The molecule has 0 aromatic carbocycles. The maximum Gasteiger partial charge on any atom is 0.263 e. The molecule has 0 bridgehead atoms. The van der Waals surface area contributed by atoms with Crippen molar-refractivity contribution in [1.29, 1.82) is 0 Å². The number of aromatic nitrogens is 1. The van der Waals surface area contributed by atoms with Crippen molar-refractivity contribution in [2.24, 2.45) is 0 Å². The summed E-state index contributed by atoms with van der Waals surface area (Å²) in [7, 11) is 0. The van der Waals surface area contributed by atoms with Crippen molar-refractivity contribution in [2.75, 3.05) is 39.3 Å². The smallest absolute Gasteiger partial charge is 0.263 e. The highest BCUT2D eigenvalue weighted by atomic mass is 32.1. The highest BCUT2D eigenvalue weighted by Gasteiger charge is 2.13. The molecule has 5 nitrogen and oxygen atoms in total. The number of piperazine rings is 1. The van der Waals surface area contributed by atoms with E-state index >= 15 is 0 Å². The molecular weight excluding hydrogens is 260 g/mol. The summed E-state index contributed by atoms with van der Waals surface area (Å²) in [5.74, 6) is 0.0170. The van der Waals surface area contributed by atoms with Crippen LogP contribution >= 0.6 is 11.3 Å². The Bertz CT molecular complexity index is 426. The van der Waals surface area contributed by atoms with E-state index in [1.54, 1.807) is 0 Å². The highest BCUT2D eigenvalue weighted by Crippen LogP contribution is 2.16. The molecule has 2 heterocycles. The van der Waals surface area contributed by atoms with E-state index in [1.165, 1.54) is 11.3 Å². The molecule has 2 rings (SSSR count). The van der Waals surface area contributed by atoms with Crippen LogP contribution in [0.25, 0.3) is 0 Å². The first-order valence-corrected chi connectivity index (χ1v) is 7.64. The van der Waals surface area contributed by atoms with Crippen molar-refractivity contribution in [2.45, 2.75) is 20.3 Å². The second-order valence-corrected chi connectivity index (χ2v) is 6.05. The van der Waals surface area contributed by atoms with Gasteiger partial charge in [-0.05, 0) is 26.8 Å². The average Bonchev–Trinajstić information content (AvgIpc) is 2.75. The van der Waals surface area contributed by atoms with Crippen LogP contribution in [-0.4, -0.2) is 55.1 Å². The van der Waals surface area contributed by atoms with Crippen LogP contribution in [0.2, 0.25) is 0 Å². The number of thiazole rings is 1. The molecule has 6 heteroatoms. The standard InChI is InChI=1S/C13H22N4OS/c1-10-12(19-11(2)16-10)13(18)15-4-3-7-17-8-5-14-6-9-17/h14H,3-9H2,1-2H3,(H,15,18). The van der Waals surface area contributed by atoms with Crippen LogP contribution in [0, 0.1) is 13.8 Å². The Hall–Kier alpha value is -0.980. The largest absolute Gasteiger partial charge is 0.351 e. The van der Waals surface area contributed by atoms with E-state index in [9.17, 15) is 4.79 Å². The van der Waals surface area contributed by atoms with Crippen molar-refractivity contribution in [3.8, 4) is 0 Å². The fraction of sp³-hybridized carbons (Fsp3) is 0.692. The van der Waals surface area contributed by atoms with E-state index in [1.807, 2.05) is 13.8 Å². The van der Waals surface area contributed by atoms with Gasteiger partial charge in [0, 0.05) is 32.7 Å². The molecular formula is C13H22N4OS. The summed E-state index contributed by atoms with van der Waals surface area (Å²) < 4.78 is 0. The number of amides is 1.